The number of hydrogen-bond donors (Lipinski definition) is 0. The molecule has 0 amide bonds. The van der Waals surface area contributed by atoms with Gasteiger partial charge < -0.3 is 13.7 Å². The van der Waals surface area contributed by atoms with Crippen molar-refractivity contribution in [1.29, 1.82) is 0 Å². The average Bonchev–Trinajstić information content (AvgIpc) is 3.97. The first-order valence-electron chi connectivity index (χ1n) is 21.0. The van der Waals surface area contributed by atoms with Gasteiger partial charge in [-0.25, -0.2) is 0 Å². The number of fused-ring (bicyclic) bond motifs is 11. The van der Waals surface area contributed by atoms with Crippen LogP contribution in [0.25, 0.3) is 116 Å². The molecule has 0 radical (unpaired) electrons. The highest BCUT2D eigenvalue weighted by molar-refractivity contribution is 6.29. The van der Waals surface area contributed by atoms with Gasteiger partial charge >= 0.3 is 0 Å². The van der Waals surface area contributed by atoms with E-state index in [4.69, 9.17) is 0 Å². The van der Waals surface area contributed by atoms with Crippen LogP contribution >= 0.6 is 0 Å². The van der Waals surface area contributed by atoms with Gasteiger partial charge in [-0.3, -0.25) is 0 Å². The molecule has 61 heavy (non-hydrogen) atoms. The van der Waals surface area contributed by atoms with Crippen LogP contribution in [0.5, 0.6) is 0 Å². The van der Waals surface area contributed by atoms with Crippen LogP contribution in [-0.4, -0.2) is 13.7 Å². The molecule has 3 aromatic heterocycles. The standard InChI is InChI=1S/C58H37N3/c1-3-14-38(15-4-1)41-18-13-21-45(34-41)60-51-24-11-9-22-47(51)49-36-42(27-30-53(49)60)43-28-31-54-50(37-43)58-56(61(54)46-29-26-39-16-7-8-17-40(39)35-46)33-32-55-57(58)48-23-10-12-25-52(48)59(55)44-19-5-2-6-20-44/h1-37H. The summed E-state index contributed by atoms with van der Waals surface area (Å²) in [5, 5.41) is 9.98. The Kier molecular flexibility index (Phi) is 7.31. The lowest BCUT2D eigenvalue weighted by atomic mass is 9.99. The highest BCUT2D eigenvalue weighted by atomic mass is 15.0. The van der Waals surface area contributed by atoms with Gasteiger partial charge in [0.1, 0.15) is 0 Å². The molecule has 13 aromatic rings. The zero-order valence-corrected chi connectivity index (χ0v) is 33.2. The van der Waals surface area contributed by atoms with E-state index in [1.54, 1.807) is 0 Å². The first kappa shape index (κ1) is 33.8. The Balaban J connectivity index is 1.07. The van der Waals surface area contributed by atoms with Crippen molar-refractivity contribution in [2.24, 2.45) is 0 Å². The minimum absolute atomic E-state index is 1.15. The molecule has 0 unspecified atom stereocenters. The van der Waals surface area contributed by atoms with Crippen molar-refractivity contribution in [2.45, 2.75) is 0 Å². The lowest BCUT2D eigenvalue weighted by molar-refractivity contribution is 1.17. The van der Waals surface area contributed by atoms with Crippen molar-refractivity contribution < 1.29 is 0 Å². The SMILES string of the molecule is c1ccc(-c2cccc(-n3c4ccccc4c4cc(-c5ccc6c(c5)c5c7c8ccccc8n(-c8ccccc8)c7ccc5n6-c5ccc6ccccc6c5)ccc43)c2)cc1. The number of aromatic nitrogens is 3. The van der Waals surface area contributed by atoms with Crippen LogP contribution in [0, 0.1) is 0 Å². The maximum atomic E-state index is 2.47. The Hall–Kier alpha value is -8.14. The van der Waals surface area contributed by atoms with Gasteiger partial charge in [0.25, 0.3) is 0 Å². The van der Waals surface area contributed by atoms with Crippen molar-refractivity contribution in [3.8, 4) is 39.3 Å². The van der Waals surface area contributed by atoms with Crippen LogP contribution in [0.2, 0.25) is 0 Å². The predicted molar refractivity (Wildman–Crippen MR) is 258 cm³/mol. The fourth-order valence-corrected chi connectivity index (χ4v) is 10.1. The predicted octanol–water partition coefficient (Wildman–Crippen LogP) is 15.5. The molecule has 0 saturated heterocycles. The molecule has 284 valence electrons. The number of benzene rings is 10. The van der Waals surface area contributed by atoms with Crippen LogP contribution in [0.15, 0.2) is 224 Å². The minimum Gasteiger partial charge on any atom is -0.309 e. The smallest absolute Gasteiger partial charge is 0.0548 e. The van der Waals surface area contributed by atoms with E-state index in [1.165, 1.54) is 98.4 Å². The first-order chi connectivity index (χ1) is 30.3. The third-order valence-corrected chi connectivity index (χ3v) is 12.8. The van der Waals surface area contributed by atoms with Crippen molar-refractivity contribution in [3.05, 3.63) is 224 Å². The fraction of sp³-hybridized carbons (Fsp3) is 0. The third kappa shape index (κ3) is 5.11. The second kappa shape index (κ2) is 13.2. The number of para-hydroxylation sites is 3. The summed E-state index contributed by atoms with van der Waals surface area (Å²) in [5.41, 5.74) is 15.5. The molecule has 0 bridgehead atoms. The van der Waals surface area contributed by atoms with Crippen molar-refractivity contribution in [2.75, 3.05) is 0 Å². The molecule has 0 aliphatic rings. The molecule has 0 fully saturated rings. The summed E-state index contributed by atoms with van der Waals surface area (Å²) in [4.78, 5) is 0. The maximum absolute atomic E-state index is 2.47. The summed E-state index contributed by atoms with van der Waals surface area (Å²) in [6, 6.07) is 82.2. The quantitative estimate of drug-likeness (QED) is 0.165. The third-order valence-electron chi connectivity index (χ3n) is 12.8. The van der Waals surface area contributed by atoms with Gasteiger partial charge in [0.05, 0.1) is 33.1 Å². The van der Waals surface area contributed by atoms with Gasteiger partial charge in [-0.2, -0.15) is 0 Å². The van der Waals surface area contributed by atoms with Crippen molar-refractivity contribution in [1.82, 2.24) is 13.7 Å². The summed E-state index contributed by atoms with van der Waals surface area (Å²) >= 11 is 0. The Morgan fingerprint density at radius 1 is 0.213 bits per heavy atom. The molecule has 0 saturated carbocycles. The van der Waals surface area contributed by atoms with Crippen LogP contribution in [0.3, 0.4) is 0 Å². The van der Waals surface area contributed by atoms with Crippen molar-refractivity contribution in [3.63, 3.8) is 0 Å². The van der Waals surface area contributed by atoms with E-state index in [-0.39, 0.29) is 0 Å². The molecule has 3 heterocycles. The first-order valence-corrected chi connectivity index (χ1v) is 21.0. The number of rotatable bonds is 5. The van der Waals surface area contributed by atoms with Crippen LogP contribution in [0.4, 0.5) is 0 Å². The molecule has 0 spiro atoms. The molecule has 0 N–H and O–H groups in total. The molecule has 0 aliphatic carbocycles. The molecule has 0 aliphatic heterocycles. The van der Waals surface area contributed by atoms with Gasteiger partial charge in [-0.15, -0.1) is 0 Å². The fourth-order valence-electron chi connectivity index (χ4n) is 10.1. The van der Waals surface area contributed by atoms with E-state index in [9.17, 15) is 0 Å². The highest BCUT2D eigenvalue weighted by Crippen LogP contribution is 2.44. The van der Waals surface area contributed by atoms with Gasteiger partial charge in [0.15, 0.2) is 0 Å². The van der Waals surface area contributed by atoms with E-state index < -0.39 is 0 Å². The summed E-state index contributed by atoms with van der Waals surface area (Å²) in [7, 11) is 0. The molecular formula is C58H37N3. The van der Waals surface area contributed by atoms with Gasteiger partial charge in [-0.05, 0) is 118 Å². The van der Waals surface area contributed by atoms with E-state index in [0.29, 0.717) is 0 Å². The number of hydrogen-bond acceptors (Lipinski definition) is 0. The normalized spacial score (nSPS) is 11.9. The van der Waals surface area contributed by atoms with Crippen LogP contribution < -0.4 is 0 Å². The second-order valence-corrected chi connectivity index (χ2v) is 16.1. The summed E-state index contributed by atoms with van der Waals surface area (Å²) in [6.45, 7) is 0. The largest absolute Gasteiger partial charge is 0.309 e. The van der Waals surface area contributed by atoms with E-state index in [2.05, 4.69) is 238 Å². The zero-order chi connectivity index (χ0) is 40.0. The Morgan fingerprint density at radius 2 is 0.689 bits per heavy atom. The van der Waals surface area contributed by atoms with Crippen molar-refractivity contribution >= 4 is 76.2 Å². The molecule has 10 aromatic carbocycles. The molecular weight excluding hydrogens is 739 g/mol. The van der Waals surface area contributed by atoms with Gasteiger partial charge in [0.2, 0.25) is 0 Å². The van der Waals surface area contributed by atoms with Crippen LogP contribution in [0.1, 0.15) is 0 Å². The zero-order valence-electron chi connectivity index (χ0n) is 33.2. The maximum Gasteiger partial charge on any atom is 0.0548 e. The summed E-state index contributed by atoms with van der Waals surface area (Å²) in [5.74, 6) is 0. The molecule has 3 nitrogen and oxygen atoms in total. The van der Waals surface area contributed by atoms with Crippen LogP contribution in [-0.2, 0) is 0 Å². The van der Waals surface area contributed by atoms with Gasteiger partial charge in [-0.1, -0.05) is 140 Å². The summed E-state index contributed by atoms with van der Waals surface area (Å²) < 4.78 is 7.31. The Bertz CT molecular complexity index is 3860. The second-order valence-electron chi connectivity index (χ2n) is 16.1. The van der Waals surface area contributed by atoms with Gasteiger partial charge in [0, 0.05) is 49.4 Å². The highest BCUT2D eigenvalue weighted by Gasteiger charge is 2.22. The Morgan fingerprint density at radius 3 is 1.46 bits per heavy atom. The lowest BCUT2D eigenvalue weighted by Gasteiger charge is -2.11. The molecule has 13 rings (SSSR count). The topological polar surface area (TPSA) is 14.8 Å². The van der Waals surface area contributed by atoms with E-state index >= 15 is 0 Å². The van der Waals surface area contributed by atoms with E-state index in [1.807, 2.05) is 0 Å². The minimum atomic E-state index is 1.15. The summed E-state index contributed by atoms with van der Waals surface area (Å²) in [6.07, 6.45) is 0. The molecule has 0 atom stereocenters. The van der Waals surface area contributed by atoms with E-state index in [0.717, 1.165) is 17.1 Å². The average molecular weight is 776 g/mol. The number of nitrogens with zero attached hydrogens (tertiary/aromatic N) is 3. The lowest BCUT2D eigenvalue weighted by Crippen LogP contribution is -1.95. The molecule has 3 heteroatoms. The monoisotopic (exact) mass is 775 g/mol. The Labute approximate surface area is 352 Å².